The average molecular weight is 497 g/mol. The van der Waals surface area contributed by atoms with Gasteiger partial charge in [0.15, 0.2) is 23.0 Å². The maximum Gasteiger partial charge on any atom is 0.340 e. The van der Waals surface area contributed by atoms with E-state index in [1.165, 1.54) is 0 Å². The van der Waals surface area contributed by atoms with Crippen molar-refractivity contribution in [2.24, 2.45) is 0 Å². The second-order valence-corrected chi connectivity index (χ2v) is 8.10. The minimum absolute atomic E-state index is 0.254. The molecular weight excluding hydrogens is 460 g/mol. The summed E-state index contributed by atoms with van der Waals surface area (Å²) < 4.78 is 27.7. The van der Waals surface area contributed by atoms with E-state index in [9.17, 15) is 4.79 Å². The number of hydrogen-bond donors (Lipinski definition) is 0. The van der Waals surface area contributed by atoms with E-state index in [4.69, 9.17) is 28.7 Å². The average Bonchev–Trinajstić information content (AvgIpc) is 2.91. The van der Waals surface area contributed by atoms with Crippen molar-refractivity contribution < 1.29 is 28.5 Å². The van der Waals surface area contributed by atoms with Gasteiger partial charge in [0.1, 0.15) is 0 Å². The zero-order valence-corrected chi connectivity index (χ0v) is 22.3. The number of hydrogen-bond acceptors (Lipinski definition) is 8. The first kappa shape index (κ1) is 27.1. The highest BCUT2D eigenvalue weighted by Crippen LogP contribution is 2.41. The van der Waals surface area contributed by atoms with Crippen molar-refractivity contribution in [3.05, 3.63) is 41.6 Å². The molecule has 2 aromatic carbocycles. The Bertz CT molecular complexity index is 1210. The number of methoxy groups -OCH3 is 4. The summed E-state index contributed by atoms with van der Waals surface area (Å²) in [5, 5.41) is 0.745. The third-order valence-electron chi connectivity index (χ3n) is 6.28. The van der Waals surface area contributed by atoms with Crippen LogP contribution < -0.4 is 18.9 Å². The fourth-order valence-corrected chi connectivity index (χ4v) is 4.34. The van der Waals surface area contributed by atoms with E-state index in [1.807, 2.05) is 30.3 Å². The number of benzene rings is 2. The van der Waals surface area contributed by atoms with Gasteiger partial charge < -0.3 is 28.6 Å². The Morgan fingerprint density at radius 2 is 1.44 bits per heavy atom. The standard InChI is InChI=1S/C28H36N2O6/c1-8-30(9-2)14-13-20-27(28(31)36-10-3)26(18-11-12-22(32-4)23(15-18)33-5)19-16-24(34-6)25(35-7)17-21(19)29-20/h11-12,15-17H,8-10,13-14H2,1-7H3. The summed E-state index contributed by atoms with van der Waals surface area (Å²) in [7, 11) is 6.35. The Balaban J connectivity index is 2.41. The Labute approximate surface area is 213 Å². The van der Waals surface area contributed by atoms with E-state index in [0.29, 0.717) is 51.8 Å². The molecule has 0 atom stereocenters. The van der Waals surface area contributed by atoms with Crippen LogP contribution in [0, 0.1) is 0 Å². The molecular formula is C28H36N2O6. The number of likely N-dealkylation sites (N-methyl/N-ethyl adjacent to an activating group) is 1. The first-order valence-corrected chi connectivity index (χ1v) is 12.2. The minimum Gasteiger partial charge on any atom is -0.493 e. The van der Waals surface area contributed by atoms with Crippen LogP contribution in [0.2, 0.25) is 0 Å². The molecule has 3 rings (SSSR count). The van der Waals surface area contributed by atoms with Crippen molar-refractivity contribution in [3.63, 3.8) is 0 Å². The van der Waals surface area contributed by atoms with Gasteiger partial charge in [-0.3, -0.25) is 4.98 Å². The second kappa shape index (κ2) is 12.4. The number of aromatic nitrogens is 1. The van der Waals surface area contributed by atoms with E-state index in [2.05, 4.69) is 18.7 Å². The van der Waals surface area contributed by atoms with Crippen molar-refractivity contribution in [2.45, 2.75) is 27.2 Å². The van der Waals surface area contributed by atoms with E-state index in [1.54, 1.807) is 35.4 Å². The zero-order chi connectivity index (χ0) is 26.2. The van der Waals surface area contributed by atoms with Gasteiger partial charge in [0.2, 0.25) is 0 Å². The fourth-order valence-electron chi connectivity index (χ4n) is 4.34. The Morgan fingerprint density at radius 1 is 0.833 bits per heavy atom. The second-order valence-electron chi connectivity index (χ2n) is 8.10. The molecule has 8 nitrogen and oxygen atoms in total. The molecule has 0 spiro atoms. The maximum absolute atomic E-state index is 13.5. The van der Waals surface area contributed by atoms with Crippen molar-refractivity contribution in [1.29, 1.82) is 0 Å². The first-order valence-electron chi connectivity index (χ1n) is 12.2. The van der Waals surface area contributed by atoms with Gasteiger partial charge in [0.25, 0.3) is 0 Å². The lowest BCUT2D eigenvalue weighted by Gasteiger charge is -2.21. The van der Waals surface area contributed by atoms with Crippen LogP contribution in [0.1, 0.15) is 36.8 Å². The number of carbonyl (C=O) groups excluding carboxylic acids is 1. The Kier molecular flexibility index (Phi) is 9.36. The van der Waals surface area contributed by atoms with Crippen molar-refractivity contribution in [3.8, 4) is 34.1 Å². The number of nitrogens with zero attached hydrogens (tertiary/aromatic N) is 2. The van der Waals surface area contributed by atoms with E-state index in [-0.39, 0.29) is 6.61 Å². The molecule has 0 aliphatic carbocycles. The molecule has 3 aromatic rings. The van der Waals surface area contributed by atoms with Gasteiger partial charge in [0, 0.05) is 30.0 Å². The smallest absolute Gasteiger partial charge is 0.340 e. The van der Waals surface area contributed by atoms with E-state index < -0.39 is 5.97 Å². The van der Waals surface area contributed by atoms with Crippen molar-refractivity contribution in [2.75, 3.05) is 54.7 Å². The van der Waals surface area contributed by atoms with E-state index >= 15 is 0 Å². The Morgan fingerprint density at radius 3 is 2.03 bits per heavy atom. The largest absolute Gasteiger partial charge is 0.493 e. The van der Waals surface area contributed by atoms with Crippen LogP contribution in [-0.4, -0.2) is 70.5 Å². The third-order valence-corrected chi connectivity index (χ3v) is 6.28. The molecule has 0 N–H and O–H groups in total. The molecule has 0 radical (unpaired) electrons. The summed E-state index contributed by atoms with van der Waals surface area (Å²) >= 11 is 0. The molecule has 0 unspecified atom stereocenters. The molecule has 8 heteroatoms. The minimum atomic E-state index is -0.416. The SMILES string of the molecule is CCOC(=O)c1c(CCN(CC)CC)nc2cc(OC)c(OC)cc2c1-c1ccc(OC)c(OC)c1. The number of fused-ring (bicyclic) bond motifs is 1. The molecule has 0 fully saturated rings. The highest BCUT2D eigenvalue weighted by atomic mass is 16.5. The molecule has 0 saturated heterocycles. The van der Waals surface area contributed by atoms with Gasteiger partial charge >= 0.3 is 5.97 Å². The normalized spacial score (nSPS) is 11.0. The summed E-state index contributed by atoms with van der Waals surface area (Å²) in [6.07, 6.45) is 0.584. The number of rotatable bonds is 12. The monoisotopic (exact) mass is 496 g/mol. The molecule has 0 bridgehead atoms. The lowest BCUT2D eigenvalue weighted by Crippen LogP contribution is -2.26. The summed E-state index contributed by atoms with van der Waals surface area (Å²) in [6, 6.07) is 9.29. The number of ether oxygens (including phenoxy) is 5. The molecule has 0 aliphatic heterocycles. The lowest BCUT2D eigenvalue weighted by atomic mass is 9.92. The fraction of sp³-hybridized carbons (Fsp3) is 0.429. The van der Waals surface area contributed by atoms with Crippen LogP contribution in [-0.2, 0) is 11.2 Å². The lowest BCUT2D eigenvalue weighted by molar-refractivity contribution is 0.0525. The van der Waals surface area contributed by atoms with Crippen molar-refractivity contribution in [1.82, 2.24) is 9.88 Å². The molecule has 36 heavy (non-hydrogen) atoms. The molecule has 194 valence electrons. The molecule has 0 saturated carbocycles. The van der Waals surface area contributed by atoms with Gasteiger partial charge in [-0.25, -0.2) is 4.79 Å². The third kappa shape index (κ3) is 5.49. The van der Waals surface area contributed by atoms with Gasteiger partial charge in [-0.15, -0.1) is 0 Å². The molecule has 1 aromatic heterocycles. The van der Waals surface area contributed by atoms with Crippen LogP contribution in [0.5, 0.6) is 23.0 Å². The highest BCUT2D eigenvalue weighted by Gasteiger charge is 2.25. The van der Waals surface area contributed by atoms with Crippen LogP contribution in [0.3, 0.4) is 0 Å². The predicted octanol–water partition coefficient (Wildman–Crippen LogP) is 5.00. The van der Waals surface area contributed by atoms with Crippen LogP contribution in [0.15, 0.2) is 30.3 Å². The van der Waals surface area contributed by atoms with Crippen molar-refractivity contribution >= 4 is 16.9 Å². The van der Waals surface area contributed by atoms with Crippen LogP contribution in [0.25, 0.3) is 22.0 Å². The quantitative estimate of drug-likeness (QED) is 0.324. The summed E-state index contributed by atoms with van der Waals surface area (Å²) in [6.45, 7) is 8.87. The summed E-state index contributed by atoms with van der Waals surface area (Å²) in [4.78, 5) is 20.7. The number of carbonyl (C=O) groups is 1. The van der Waals surface area contributed by atoms with Gasteiger partial charge in [-0.05, 0) is 43.8 Å². The predicted molar refractivity (Wildman–Crippen MR) is 141 cm³/mol. The first-order chi connectivity index (χ1) is 17.5. The maximum atomic E-state index is 13.5. The van der Waals surface area contributed by atoms with Gasteiger partial charge in [-0.2, -0.15) is 0 Å². The molecule has 1 heterocycles. The van der Waals surface area contributed by atoms with E-state index in [0.717, 1.165) is 30.6 Å². The highest BCUT2D eigenvalue weighted by molar-refractivity contribution is 6.08. The van der Waals surface area contributed by atoms with Crippen LogP contribution >= 0.6 is 0 Å². The topological polar surface area (TPSA) is 79.4 Å². The van der Waals surface area contributed by atoms with Gasteiger partial charge in [0.05, 0.1) is 51.8 Å². The summed E-state index contributed by atoms with van der Waals surface area (Å²) in [5.74, 6) is 1.84. The molecule has 0 amide bonds. The summed E-state index contributed by atoms with van der Waals surface area (Å²) in [5.41, 5.74) is 3.29. The molecule has 0 aliphatic rings. The Hall–Kier alpha value is -3.52. The number of esters is 1. The van der Waals surface area contributed by atoms with Crippen LogP contribution in [0.4, 0.5) is 0 Å². The van der Waals surface area contributed by atoms with Gasteiger partial charge in [-0.1, -0.05) is 19.9 Å². The number of pyridine rings is 1. The zero-order valence-electron chi connectivity index (χ0n) is 22.3.